The zero-order valence-electron chi connectivity index (χ0n) is 18.0. The smallest absolute Gasteiger partial charge is 0.251 e. The van der Waals surface area contributed by atoms with Gasteiger partial charge in [0.1, 0.15) is 0 Å². The fourth-order valence-corrected chi connectivity index (χ4v) is 4.65. The van der Waals surface area contributed by atoms with Crippen molar-refractivity contribution >= 4 is 57.5 Å². The summed E-state index contributed by atoms with van der Waals surface area (Å²) in [5.74, 6) is -0.664. The summed E-state index contributed by atoms with van der Waals surface area (Å²) in [6.07, 6.45) is 5.40. The van der Waals surface area contributed by atoms with E-state index in [-0.39, 0.29) is 27.4 Å². The average molecular weight is 488 g/mol. The second kappa shape index (κ2) is 9.91. The standard InChI is InChI=1S/C23H23Cl2N5O3/c1-13(31)29-22-20-15(4-5-26-22)16(12-28-20)21(32)19-17(24)10-14(11-18(19)25)23(33)27-6-9-30-7-2-3-8-30/h4-5,10-12,28H,2-3,6-9H2,1H3,(H,27,33)(H,26,29,31). The van der Waals surface area contributed by atoms with Crippen molar-refractivity contribution in [3.8, 4) is 0 Å². The van der Waals surface area contributed by atoms with Crippen molar-refractivity contribution in [3.05, 3.63) is 57.3 Å². The average Bonchev–Trinajstić information content (AvgIpc) is 3.43. The van der Waals surface area contributed by atoms with Crippen molar-refractivity contribution < 1.29 is 14.4 Å². The van der Waals surface area contributed by atoms with Crippen LogP contribution in [0.2, 0.25) is 10.0 Å². The lowest BCUT2D eigenvalue weighted by Crippen LogP contribution is -2.33. The number of carbonyl (C=O) groups excluding carboxylic acids is 3. The fraction of sp³-hybridized carbons (Fsp3) is 0.304. The molecular formula is C23H23Cl2N5O3. The van der Waals surface area contributed by atoms with Crippen LogP contribution in [-0.4, -0.2) is 58.6 Å². The molecule has 3 N–H and O–H groups in total. The predicted molar refractivity (Wildman–Crippen MR) is 128 cm³/mol. The molecule has 1 saturated heterocycles. The number of rotatable bonds is 7. The summed E-state index contributed by atoms with van der Waals surface area (Å²) in [7, 11) is 0. The number of nitrogens with zero attached hydrogens (tertiary/aromatic N) is 2. The van der Waals surface area contributed by atoms with Crippen molar-refractivity contribution in [2.24, 2.45) is 0 Å². The van der Waals surface area contributed by atoms with Crippen LogP contribution in [0.4, 0.5) is 5.82 Å². The lowest BCUT2D eigenvalue weighted by Gasteiger charge is -2.15. The topological polar surface area (TPSA) is 107 Å². The molecule has 172 valence electrons. The summed E-state index contributed by atoms with van der Waals surface area (Å²) < 4.78 is 0. The van der Waals surface area contributed by atoms with Crippen LogP contribution in [0.15, 0.2) is 30.6 Å². The molecule has 1 aromatic carbocycles. The van der Waals surface area contributed by atoms with Crippen molar-refractivity contribution in [3.63, 3.8) is 0 Å². The number of likely N-dealkylation sites (tertiary alicyclic amines) is 1. The summed E-state index contributed by atoms with van der Waals surface area (Å²) in [6.45, 7) is 4.80. The molecule has 2 aromatic heterocycles. The third kappa shape index (κ3) is 5.03. The number of halogens is 2. The van der Waals surface area contributed by atoms with Gasteiger partial charge >= 0.3 is 0 Å². The van der Waals surface area contributed by atoms with Crippen LogP contribution in [0, 0.1) is 0 Å². The Labute approximate surface area is 200 Å². The minimum absolute atomic E-state index is 0.0858. The molecule has 0 atom stereocenters. The molecule has 8 nitrogen and oxygen atoms in total. The van der Waals surface area contributed by atoms with E-state index in [1.54, 1.807) is 6.07 Å². The first-order chi connectivity index (χ1) is 15.8. The number of aromatic amines is 1. The van der Waals surface area contributed by atoms with Crippen LogP contribution >= 0.6 is 23.2 Å². The number of benzene rings is 1. The number of hydrogen-bond acceptors (Lipinski definition) is 5. The molecule has 0 aliphatic carbocycles. The number of amides is 2. The zero-order chi connectivity index (χ0) is 23.5. The van der Waals surface area contributed by atoms with Crippen molar-refractivity contribution in [1.82, 2.24) is 20.2 Å². The Morgan fingerprint density at radius 1 is 1.15 bits per heavy atom. The second-order valence-corrected chi connectivity index (χ2v) is 8.73. The molecule has 0 unspecified atom stereocenters. The quantitative estimate of drug-likeness (QED) is 0.438. The number of hydrogen-bond donors (Lipinski definition) is 3. The van der Waals surface area contributed by atoms with E-state index >= 15 is 0 Å². The number of ketones is 1. The molecule has 1 fully saturated rings. The summed E-state index contributed by atoms with van der Waals surface area (Å²) in [6, 6.07) is 4.56. The fourth-order valence-electron chi connectivity index (χ4n) is 4.00. The van der Waals surface area contributed by atoms with E-state index in [2.05, 4.69) is 25.5 Å². The van der Waals surface area contributed by atoms with E-state index < -0.39 is 5.78 Å². The van der Waals surface area contributed by atoms with E-state index in [9.17, 15) is 14.4 Å². The maximum atomic E-state index is 13.3. The molecule has 3 aromatic rings. The predicted octanol–water partition coefficient (Wildman–Crippen LogP) is 3.88. The first-order valence-electron chi connectivity index (χ1n) is 10.6. The Morgan fingerprint density at radius 3 is 2.52 bits per heavy atom. The van der Waals surface area contributed by atoms with E-state index in [1.807, 2.05) is 0 Å². The number of anilines is 1. The molecule has 10 heteroatoms. The highest BCUT2D eigenvalue weighted by atomic mass is 35.5. The Hall–Kier alpha value is -2.94. The molecule has 3 heterocycles. The van der Waals surface area contributed by atoms with Crippen LogP contribution in [0.3, 0.4) is 0 Å². The van der Waals surface area contributed by atoms with Crippen LogP contribution in [0.5, 0.6) is 0 Å². The maximum Gasteiger partial charge on any atom is 0.251 e. The van der Waals surface area contributed by atoms with E-state index in [1.165, 1.54) is 44.3 Å². The summed E-state index contributed by atoms with van der Waals surface area (Å²) >= 11 is 12.8. The summed E-state index contributed by atoms with van der Waals surface area (Å²) in [5, 5.41) is 6.23. The maximum absolute atomic E-state index is 13.3. The Kier molecular flexibility index (Phi) is 6.97. The highest BCUT2D eigenvalue weighted by molar-refractivity contribution is 6.42. The van der Waals surface area contributed by atoms with E-state index in [4.69, 9.17) is 23.2 Å². The molecule has 33 heavy (non-hydrogen) atoms. The summed E-state index contributed by atoms with van der Waals surface area (Å²) in [4.78, 5) is 46.7. The molecular weight excluding hydrogens is 465 g/mol. The largest absolute Gasteiger partial charge is 0.357 e. The zero-order valence-corrected chi connectivity index (χ0v) is 19.5. The van der Waals surface area contributed by atoms with Crippen molar-refractivity contribution in [1.29, 1.82) is 0 Å². The van der Waals surface area contributed by atoms with Gasteiger partial charge in [-0.05, 0) is 44.1 Å². The highest BCUT2D eigenvalue weighted by Crippen LogP contribution is 2.32. The SMILES string of the molecule is CC(=O)Nc1nccc2c(C(=O)c3c(Cl)cc(C(=O)NCCN4CCCC4)cc3Cl)c[nH]c12. The van der Waals surface area contributed by atoms with Crippen LogP contribution in [0.25, 0.3) is 10.9 Å². The Morgan fingerprint density at radius 2 is 1.85 bits per heavy atom. The van der Waals surface area contributed by atoms with Gasteiger partial charge in [-0.1, -0.05) is 23.2 Å². The minimum Gasteiger partial charge on any atom is -0.357 e. The van der Waals surface area contributed by atoms with E-state index in [0.29, 0.717) is 34.4 Å². The molecule has 1 aliphatic heterocycles. The van der Waals surface area contributed by atoms with Crippen LogP contribution in [-0.2, 0) is 4.79 Å². The van der Waals surface area contributed by atoms with Crippen molar-refractivity contribution in [2.45, 2.75) is 19.8 Å². The van der Waals surface area contributed by atoms with E-state index in [0.717, 1.165) is 19.6 Å². The van der Waals surface area contributed by atoms with Gasteiger partial charge in [0.05, 0.1) is 21.1 Å². The van der Waals surface area contributed by atoms with Crippen LogP contribution < -0.4 is 10.6 Å². The lowest BCUT2D eigenvalue weighted by atomic mass is 10.0. The third-order valence-electron chi connectivity index (χ3n) is 5.58. The van der Waals surface area contributed by atoms with Gasteiger partial charge in [0.2, 0.25) is 5.91 Å². The van der Waals surface area contributed by atoms with Crippen molar-refractivity contribution in [2.75, 3.05) is 31.5 Å². The minimum atomic E-state index is -0.405. The van der Waals surface area contributed by atoms with Gasteiger partial charge in [-0.15, -0.1) is 0 Å². The van der Waals surface area contributed by atoms with Gasteiger partial charge in [-0.25, -0.2) is 4.98 Å². The van der Waals surface area contributed by atoms with Gasteiger partial charge in [0, 0.05) is 48.9 Å². The number of fused-ring (bicyclic) bond motifs is 1. The summed E-state index contributed by atoms with van der Waals surface area (Å²) in [5.41, 5.74) is 1.23. The number of H-pyrrole nitrogens is 1. The van der Waals surface area contributed by atoms with Gasteiger partial charge in [0.25, 0.3) is 5.91 Å². The van der Waals surface area contributed by atoms with Gasteiger partial charge in [0.15, 0.2) is 11.6 Å². The number of pyridine rings is 1. The van der Waals surface area contributed by atoms with Gasteiger partial charge in [-0.2, -0.15) is 0 Å². The van der Waals surface area contributed by atoms with Gasteiger partial charge in [-0.3, -0.25) is 14.4 Å². The molecule has 0 saturated carbocycles. The molecule has 1 aliphatic rings. The number of nitrogens with one attached hydrogen (secondary N) is 3. The second-order valence-electron chi connectivity index (χ2n) is 7.91. The molecule has 2 amide bonds. The lowest BCUT2D eigenvalue weighted by molar-refractivity contribution is -0.114. The highest BCUT2D eigenvalue weighted by Gasteiger charge is 2.23. The third-order valence-corrected chi connectivity index (χ3v) is 6.18. The Balaban J connectivity index is 1.55. The molecule has 0 spiro atoms. The van der Waals surface area contributed by atoms with Crippen LogP contribution in [0.1, 0.15) is 46.0 Å². The normalized spacial score (nSPS) is 13.9. The molecule has 0 bridgehead atoms. The first kappa shape index (κ1) is 23.2. The Bertz CT molecular complexity index is 1210. The molecule has 0 radical (unpaired) electrons. The molecule has 4 rings (SSSR count). The number of carbonyl (C=O) groups is 3. The van der Waals surface area contributed by atoms with Gasteiger partial charge < -0.3 is 20.5 Å². The first-order valence-corrected chi connectivity index (χ1v) is 11.4. The number of aromatic nitrogens is 2. The monoisotopic (exact) mass is 487 g/mol.